The first kappa shape index (κ1) is 18.7. The Labute approximate surface area is 120 Å². The summed E-state index contributed by atoms with van der Waals surface area (Å²) < 4.78 is 9.96. The predicted molar refractivity (Wildman–Crippen MR) is 74.8 cm³/mol. The van der Waals surface area contributed by atoms with Crippen LogP contribution in [0.5, 0.6) is 0 Å². The quantitative estimate of drug-likeness (QED) is 0.600. The zero-order valence-electron chi connectivity index (χ0n) is 12.8. The third-order valence-corrected chi connectivity index (χ3v) is 2.91. The number of carbonyl (C=O) groups is 2. The van der Waals surface area contributed by atoms with Gasteiger partial charge in [0.2, 0.25) is 0 Å². The van der Waals surface area contributed by atoms with Crippen LogP contribution < -0.4 is 0 Å². The molecule has 1 atom stereocenters. The molecule has 0 aromatic rings. The topological polar surface area (TPSA) is 79.3 Å². The Morgan fingerprint density at radius 1 is 1.15 bits per heavy atom. The van der Waals surface area contributed by atoms with Gasteiger partial charge in [0.25, 0.3) is 0 Å². The molecular weight excluding hydrogens is 264 g/mol. The Balaban J connectivity index is 4.45. The number of aliphatic carboxylic acids is 1. The zero-order valence-corrected chi connectivity index (χ0v) is 12.8. The molecule has 0 aliphatic carbocycles. The number of amides is 2. The SMILES string of the molecule is COCCCN(CCOC)C(=O)N(C)CC(C)C(=O)O. The summed E-state index contributed by atoms with van der Waals surface area (Å²) >= 11 is 0. The molecule has 0 fully saturated rings. The number of rotatable bonds is 10. The van der Waals surface area contributed by atoms with E-state index in [-0.39, 0.29) is 12.6 Å². The monoisotopic (exact) mass is 290 g/mol. The Morgan fingerprint density at radius 2 is 1.75 bits per heavy atom. The van der Waals surface area contributed by atoms with Crippen LogP contribution >= 0.6 is 0 Å². The summed E-state index contributed by atoms with van der Waals surface area (Å²) in [6, 6.07) is -0.189. The van der Waals surface area contributed by atoms with Crippen molar-refractivity contribution >= 4 is 12.0 Å². The van der Waals surface area contributed by atoms with Crippen LogP contribution in [0.3, 0.4) is 0 Å². The van der Waals surface area contributed by atoms with Gasteiger partial charge in [0, 0.05) is 47.5 Å². The number of hydrogen-bond acceptors (Lipinski definition) is 4. The van der Waals surface area contributed by atoms with Crippen LogP contribution in [0, 0.1) is 5.92 Å². The van der Waals surface area contributed by atoms with Crippen molar-refractivity contribution in [3.05, 3.63) is 0 Å². The normalized spacial score (nSPS) is 12.0. The molecule has 0 radical (unpaired) electrons. The Kier molecular flexibility index (Phi) is 9.75. The maximum Gasteiger partial charge on any atom is 0.319 e. The van der Waals surface area contributed by atoms with Gasteiger partial charge in [0.15, 0.2) is 0 Å². The summed E-state index contributed by atoms with van der Waals surface area (Å²) in [7, 11) is 4.80. The molecule has 20 heavy (non-hydrogen) atoms. The van der Waals surface area contributed by atoms with Crippen LogP contribution in [0.1, 0.15) is 13.3 Å². The van der Waals surface area contributed by atoms with Crippen LogP contribution in [0.4, 0.5) is 4.79 Å². The molecule has 7 heteroatoms. The van der Waals surface area contributed by atoms with Gasteiger partial charge in [-0.3, -0.25) is 4.79 Å². The number of methoxy groups -OCH3 is 2. The van der Waals surface area contributed by atoms with E-state index in [0.717, 1.165) is 6.42 Å². The molecule has 0 aromatic carbocycles. The molecule has 1 unspecified atom stereocenters. The lowest BCUT2D eigenvalue weighted by Crippen LogP contribution is -2.45. The number of carboxylic acid groups (broad SMARTS) is 1. The predicted octanol–water partition coefficient (Wildman–Crippen LogP) is 0.744. The third-order valence-electron chi connectivity index (χ3n) is 2.91. The molecule has 0 spiro atoms. The number of ether oxygens (including phenoxy) is 2. The number of nitrogens with zero attached hydrogens (tertiary/aromatic N) is 2. The lowest BCUT2D eigenvalue weighted by Gasteiger charge is -2.29. The minimum absolute atomic E-state index is 0.182. The first-order chi connectivity index (χ1) is 9.43. The number of urea groups is 1. The first-order valence-corrected chi connectivity index (χ1v) is 6.64. The molecule has 0 saturated carbocycles. The van der Waals surface area contributed by atoms with Gasteiger partial charge < -0.3 is 24.4 Å². The van der Waals surface area contributed by atoms with E-state index in [1.54, 1.807) is 33.1 Å². The molecule has 7 nitrogen and oxygen atoms in total. The van der Waals surface area contributed by atoms with Crippen molar-refractivity contribution in [1.29, 1.82) is 0 Å². The molecule has 118 valence electrons. The molecule has 1 N–H and O–H groups in total. The summed E-state index contributed by atoms with van der Waals surface area (Å²) in [4.78, 5) is 26.2. The average molecular weight is 290 g/mol. The lowest BCUT2D eigenvalue weighted by atomic mass is 10.2. The number of hydrogen-bond donors (Lipinski definition) is 1. The molecule has 0 heterocycles. The van der Waals surface area contributed by atoms with Crippen LogP contribution in [0.15, 0.2) is 0 Å². The van der Waals surface area contributed by atoms with Gasteiger partial charge in [0.05, 0.1) is 12.5 Å². The molecule has 0 saturated heterocycles. The van der Waals surface area contributed by atoms with Crippen LogP contribution in [0.25, 0.3) is 0 Å². The van der Waals surface area contributed by atoms with Crippen LogP contribution in [0.2, 0.25) is 0 Å². The van der Waals surface area contributed by atoms with Crippen molar-refractivity contribution in [2.24, 2.45) is 5.92 Å². The maximum absolute atomic E-state index is 12.3. The highest BCUT2D eigenvalue weighted by molar-refractivity contribution is 5.75. The van der Waals surface area contributed by atoms with E-state index in [1.807, 2.05) is 0 Å². The minimum atomic E-state index is -0.910. The summed E-state index contributed by atoms with van der Waals surface area (Å²) in [5, 5.41) is 8.88. The minimum Gasteiger partial charge on any atom is -0.481 e. The third kappa shape index (κ3) is 7.30. The van der Waals surface area contributed by atoms with Crippen molar-refractivity contribution in [1.82, 2.24) is 9.80 Å². The number of carboxylic acids is 1. The summed E-state index contributed by atoms with van der Waals surface area (Å²) in [5.74, 6) is -1.50. The van der Waals surface area contributed by atoms with Gasteiger partial charge >= 0.3 is 12.0 Å². The molecule has 0 aromatic heterocycles. The summed E-state index contributed by atoms with van der Waals surface area (Å²) in [5.41, 5.74) is 0. The second kappa shape index (κ2) is 10.4. The van der Waals surface area contributed by atoms with Gasteiger partial charge in [-0.2, -0.15) is 0 Å². The van der Waals surface area contributed by atoms with E-state index in [2.05, 4.69) is 0 Å². The van der Waals surface area contributed by atoms with Crippen molar-refractivity contribution in [3.63, 3.8) is 0 Å². The fraction of sp³-hybridized carbons (Fsp3) is 0.846. The van der Waals surface area contributed by atoms with E-state index in [0.29, 0.717) is 26.3 Å². The molecule has 0 aliphatic rings. The molecule has 0 rings (SSSR count). The van der Waals surface area contributed by atoms with E-state index in [9.17, 15) is 9.59 Å². The van der Waals surface area contributed by atoms with Crippen LogP contribution in [-0.2, 0) is 14.3 Å². The highest BCUT2D eigenvalue weighted by Crippen LogP contribution is 2.04. The van der Waals surface area contributed by atoms with Gasteiger partial charge in [-0.25, -0.2) is 4.79 Å². The molecule has 0 aliphatic heterocycles. The summed E-state index contributed by atoms with van der Waals surface area (Å²) in [6.07, 6.45) is 0.730. The average Bonchev–Trinajstić information content (AvgIpc) is 2.41. The van der Waals surface area contributed by atoms with E-state index in [1.165, 1.54) is 4.90 Å². The smallest absolute Gasteiger partial charge is 0.319 e. The first-order valence-electron chi connectivity index (χ1n) is 6.64. The highest BCUT2D eigenvalue weighted by Gasteiger charge is 2.21. The Morgan fingerprint density at radius 3 is 2.25 bits per heavy atom. The standard InChI is InChI=1S/C13H26N2O5/c1-11(12(16)17)10-14(2)13(18)15(7-9-20-4)6-5-8-19-3/h11H,5-10H2,1-4H3,(H,16,17). The van der Waals surface area contributed by atoms with E-state index in [4.69, 9.17) is 14.6 Å². The fourth-order valence-corrected chi connectivity index (χ4v) is 1.71. The largest absolute Gasteiger partial charge is 0.481 e. The Bertz CT molecular complexity index is 298. The second-order valence-electron chi connectivity index (χ2n) is 4.73. The van der Waals surface area contributed by atoms with E-state index >= 15 is 0 Å². The van der Waals surface area contributed by atoms with Crippen molar-refractivity contribution in [3.8, 4) is 0 Å². The van der Waals surface area contributed by atoms with Gasteiger partial charge in [-0.1, -0.05) is 6.92 Å². The van der Waals surface area contributed by atoms with Crippen LogP contribution in [-0.4, -0.2) is 81.0 Å². The van der Waals surface area contributed by atoms with E-state index < -0.39 is 11.9 Å². The second-order valence-corrected chi connectivity index (χ2v) is 4.73. The highest BCUT2D eigenvalue weighted by atomic mass is 16.5. The molecular formula is C13H26N2O5. The van der Waals surface area contributed by atoms with Crippen molar-refractivity contribution < 1.29 is 24.2 Å². The van der Waals surface area contributed by atoms with Crippen molar-refractivity contribution in [2.45, 2.75) is 13.3 Å². The fourth-order valence-electron chi connectivity index (χ4n) is 1.71. The molecule has 2 amide bonds. The maximum atomic E-state index is 12.3. The summed E-state index contributed by atoms with van der Waals surface area (Å²) in [6.45, 7) is 3.82. The zero-order chi connectivity index (χ0) is 15.5. The van der Waals surface area contributed by atoms with Gasteiger partial charge in [-0.15, -0.1) is 0 Å². The number of carbonyl (C=O) groups excluding carboxylic acids is 1. The van der Waals surface area contributed by atoms with Crippen molar-refractivity contribution in [2.75, 3.05) is 54.1 Å². The van der Waals surface area contributed by atoms with Gasteiger partial charge in [0.1, 0.15) is 0 Å². The lowest BCUT2D eigenvalue weighted by molar-refractivity contribution is -0.141. The Hall–Kier alpha value is -1.34. The molecule has 0 bridgehead atoms. The van der Waals surface area contributed by atoms with Gasteiger partial charge in [-0.05, 0) is 6.42 Å².